The highest BCUT2D eigenvalue weighted by atomic mass is 35.5. The summed E-state index contributed by atoms with van der Waals surface area (Å²) in [7, 11) is -3.61. The lowest BCUT2D eigenvalue weighted by molar-refractivity contribution is -0.137. The Morgan fingerprint density at radius 2 is 1.93 bits per heavy atom. The van der Waals surface area contributed by atoms with Crippen molar-refractivity contribution in [3.63, 3.8) is 0 Å². The fourth-order valence-corrected chi connectivity index (χ4v) is 5.20. The maximum absolute atomic E-state index is 12.6. The van der Waals surface area contributed by atoms with Crippen LogP contribution in [0.2, 0.25) is 5.02 Å². The Morgan fingerprint density at radius 3 is 2.66 bits per heavy atom. The molecule has 4 atom stereocenters. The third-order valence-electron chi connectivity index (χ3n) is 5.37. The zero-order valence-corrected chi connectivity index (χ0v) is 17.6. The number of ether oxygens (including phenoxy) is 1. The topological polar surface area (TPSA) is 92.7 Å². The average Bonchev–Trinajstić information content (AvgIpc) is 3.26. The number of fused-ring (bicyclic) bond motifs is 2. The van der Waals surface area contributed by atoms with Crippen LogP contribution in [0.3, 0.4) is 0 Å². The van der Waals surface area contributed by atoms with Crippen molar-refractivity contribution in [1.29, 1.82) is 0 Å². The molecular formula is C21H26ClNO5S. The highest BCUT2D eigenvalue weighted by molar-refractivity contribution is 7.92. The van der Waals surface area contributed by atoms with Gasteiger partial charge in [0.25, 0.3) is 0 Å². The molecule has 2 aliphatic rings. The van der Waals surface area contributed by atoms with E-state index in [1.807, 2.05) is 12.2 Å². The molecule has 3 rings (SSSR count). The minimum atomic E-state index is -3.61. The van der Waals surface area contributed by atoms with Gasteiger partial charge in [-0.25, -0.2) is 13.1 Å². The molecule has 2 bridgehead atoms. The number of carboxylic acid groups (broad SMARTS) is 1. The first-order chi connectivity index (χ1) is 13.8. The van der Waals surface area contributed by atoms with E-state index in [1.54, 1.807) is 30.3 Å². The van der Waals surface area contributed by atoms with E-state index in [2.05, 4.69) is 4.72 Å². The van der Waals surface area contributed by atoms with Gasteiger partial charge in [-0.3, -0.25) is 4.79 Å². The molecule has 0 aliphatic carbocycles. The number of benzene rings is 1. The average molecular weight is 440 g/mol. The van der Waals surface area contributed by atoms with Crippen LogP contribution in [0.5, 0.6) is 0 Å². The van der Waals surface area contributed by atoms with Crippen LogP contribution in [0.4, 0.5) is 0 Å². The van der Waals surface area contributed by atoms with E-state index in [0.717, 1.165) is 18.4 Å². The molecule has 2 heterocycles. The van der Waals surface area contributed by atoms with Crippen molar-refractivity contribution in [2.45, 2.75) is 56.8 Å². The fourth-order valence-electron chi connectivity index (χ4n) is 3.95. The smallest absolute Gasteiger partial charge is 0.303 e. The van der Waals surface area contributed by atoms with E-state index in [0.29, 0.717) is 24.3 Å². The Labute approximate surface area is 176 Å². The number of carbonyl (C=O) groups is 1. The van der Waals surface area contributed by atoms with Crippen LogP contribution >= 0.6 is 11.6 Å². The maximum Gasteiger partial charge on any atom is 0.303 e. The van der Waals surface area contributed by atoms with E-state index in [-0.39, 0.29) is 30.6 Å². The SMILES string of the molecule is O=C(O)CCC/C=C/CC1C2CCC(O2)C1NS(=O)(=O)/C=C/c1ccc(Cl)cc1. The van der Waals surface area contributed by atoms with Gasteiger partial charge in [0.05, 0.1) is 18.2 Å². The van der Waals surface area contributed by atoms with Gasteiger partial charge < -0.3 is 9.84 Å². The van der Waals surface area contributed by atoms with Crippen molar-refractivity contribution in [2.75, 3.05) is 0 Å². The molecule has 2 saturated heterocycles. The van der Waals surface area contributed by atoms with Crippen molar-refractivity contribution in [2.24, 2.45) is 5.92 Å². The molecule has 0 aromatic heterocycles. The summed E-state index contributed by atoms with van der Waals surface area (Å²) in [6, 6.07) is 6.69. The number of unbranched alkanes of at least 4 members (excludes halogenated alkanes) is 1. The number of carboxylic acids is 1. The number of nitrogens with one attached hydrogen (secondary N) is 1. The number of sulfonamides is 1. The van der Waals surface area contributed by atoms with E-state index < -0.39 is 16.0 Å². The number of halogens is 1. The molecule has 0 spiro atoms. The summed E-state index contributed by atoms with van der Waals surface area (Å²) in [4.78, 5) is 10.5. The molecule has 1 aromatic rings. The van der Waals surface area contributed by atoms with Gasteiger partial charge in [0.1, 0.15) is 0 Å². The first-order valence-electron chi connectivity index (χ1n) is 9.82. The van der Waals surface area contributed by atoms with Gasteiger partial charge in [0.15, 0.2) is 0 Å². The minimum absolute atomic E-state index is 0.0663. The second-order valence-electron chi connectivity index (χ2n) is 7.49. The molecule has 2 fully saturated rings. The van der Waals surface area contributed by atoms with Crippen LogP contribution in [0.1, 0.15) is 44.1 Å². The minimum Gasteiger partial charge on any atom is -0.481 e. The first-order valence-corrected chi connectivity index (χ1v) is 11.7. The molecule has 29 heavy (non-hydrogen) atoms. The lowest BCUT2D eigenvalue weighted by atomic mass is 9.83. The zero-order valence-electron chi connectivity index (χ0n) is 16.0. The zero-order chi connectivity index (χ0) is 20.9. The van der Waals surface area contributed by atoms with E-state index >= 15 is 0 Å². The normalized spacial score (nSPS) is 26.7. The predicted octanol–water partition coefficient (Wildman–Crippen LogP) is 3.98. The Morgan fingerprint density at radius 1 is 1.21 bits per heavy atom. The van der Waals surface area contributed by atoms with Gasteiger partial charge in [0.2, 0.25) is 10.0 Å². The third-order valence-corrected chi connectivity index (χ3v) is 6.72. The Bertz CT molecular complexity index is 866. The molecular weight excluding hydrogens is 414 g/mol. The second-order valence-corrected chi connectivity index (χ2v) is 9.52. The first kappa shape index (κ1) is 22.0. The number of hydrogen-bond acceptors (Lipinski definition) is 4. The molecule has 158 valence electrons. The summed E-state index contributed by atoms with van der Waals surface area (Å²) in [5.74, 6) is -0.704. The summed E-state index contributed by atoms with van der Waals surface area (Å²) in [5, 5.41) is 10.4. The summed E-state index contributed by atoms with van der Waals surface area (Å²) >= 11 is 5.85. The van der Waals surface area contributed by atoms with Crippen molar-refractivity contribution in [3.05, 3.63) is 52.4 Å². The molecule has 2 aliphatic heterocycles. The van der Waals surface area contributed by atoms with Crippen molar-refractivity contribution in [3.8, 4) is 0 Å². The molecule has 0 amide bonds. The van der Waals surface area contributed by atoms with Gasteiger partial charge in [-0.05, 0) is 55.9 Å². The monoisotopic (exact) mass is 439 g/mol. The Hall–Kier alpha value is -1.67. The molecule has 0 radical (unpaired) electrons. The fraction of sp³-hybridized carbons (Fsp3) is 0.476. The van der Waals surface area contributed by atoms with Crippen LogP contribution in [0.15, 0.2) is 41.8 Å². The molecule has 1 aromatic carbocycles. The van der Waals surface area contributed by atoms with Crippen molar-refractivity contribution >= 4 is 33.7 Å². The van der Waals surface area contributed by atoms with Crippen LogP contribution in [-0.2, 0) is 19.6 Å². The Balaban J connectivity index is 1.58. The summed E-state index contributed by atoms with van der Waals surface area (Å²) in [5.41, 5.74) is 0.754. The largest absolute Gasteiger partial charge is 0.481 e. The number of aliphatic carboxylic acids is 1. The van der Waals surface area contributed by atoms with Crippen LogP contribution in [0.25, 0.3) is 6.08 Å². The molecule has 4 unspecified atom stereocenters. The van der Waals surface area contributed by atoms with E-state index in [4.69, 9.17) is 21.4 Å². The summed E-state index contributed by atoms with van der Waals surface area (Å²) in [6.45, 7) is 0. The van der Waals surface area contributed by atoms with Crippen LogP contribution in [-0.4, -0.2) is 37.7 Å². The highest BCUT2D eigenvalue weighted by Gasteiger charge is 2.49. The van der Waals surface area contributed by atoms with Crippen molar-refractivity contribution in [1.82, 2.24) is 4.72 Å². The summed E-state index contributed by atoms with van der Waals surface area (Å²) < 4.78 is 33.9. The van der Waals surface area contributed by atoms with Crippen LogP contribution in [0, 0.1) is 5.92 Å². The molecule has 0 saturated carbocycles. The van der Waals surface area contributed by atoms with Gasteiger partial charge in [-0.15, -0.1) is 0 Å². The van der Waals surface area contributed by atoms with E-state index in [9.17, 15) is 13.2 Å². The lowest BCUT2D eigenvalue weighted by Gasteiger charge is -2.27. The highest BCUT2D eigenvalue weighted by Crippen LogP contribution is 2.41. The number of rotatable bonds is 10. The molecule has 2 N–H and O–H groups in total. The molecule has 6 nitrogen and oxygen atoms in total. The maximum atomic E-state index is 12.6. The third kappa shape index (κ3) is 6.40. The lowest BCUT2D eigenvalue weighted by Crippen LogP contribution is -2.46. The van der Waals surface area contributed by atoms with E-state index in [1.165, 1.54) is 5.41 Å². The number of hydrogen-bond donors (Lipinski definition) is 2. The van der Waals surface area contributed by atoms with Gasteiger partial charge >= 0.3 is 5.97 Å². The standard InChI is InChI=1S/C21H26ClNO5S/c22-16-9-7-15(8-10-16)13-14-29(26,27)23-21-17(18-11-12-19(21)28-18)5-3-1-2-4-6-20(24)25/h1,3,7-10,13-14,17-19,21,23H,2,4-6,11-12H2,(H,24,25)/b3-1+,14-13+. The van der Waals surface area contributed by atoms with Crippen molar-refractivity contribution < 1.29 is 23.1 Å². The van der Waals surface area contributed by atoms with Gasteiger partial charge in [-0.1, -0.05) is 35.9 Å². The molecule has 8 heteroatoms. The van der Waals surface area contributed by atoms with Crippen LogP contribution < -0.4 is 4.72 Å². The quantitative estimate of drug-likeness (QED) is 0.425. The number of allylic oxidation sites excluding steroid dienone is 2. The second kappa shape index (κ2) is 9.89. The summed E-state index contributed by atoms with van der Waals surface area (Å²) in [6.07, 6.45) is 9.48. The van der Waals surface area contributed by atoms with Gasteiger partial charge in [0, 0.05) is 22.8 Å². The Kier molecular flexibility index (Phi) is 7.51. The predicted molar refractivity (Wildman–Crippen MR) is 113 cm³/mol. The van der Waals surface area contributed by atoms with Gasteiger partial charge in [-0.2, -0.15) is 0 Å².